The first-order chi connectivity index (χ1) is 10.6. The number of hydrogen-bond acceptors (Lipinski definition) is 4. The van der Waals surface area contributed by atoms with Crippen molar-refractivity contribution in [1.82, 2.24) is 9.29 Å². The lowest BCUT2D eigenvalue weighted by Gasteiger charge is -2.34. The molecular formula is C15H16BrN3O2S. The molecule has 3 rings (SSSR count). The second-order valence-electron chi connectivity index (χ2n) is 5.01. The first-order valence-corrected chi connectivity index (χ1v) is 9.23. The summed E-state index contributed by atoms with van der Waals surface area (Å²) in [6.07, 6.45) is 1.75. The molecular weight excluding hydrogens is 366 g/mol. The maximum absolute atomic E-state index is 12.7. The molecule has 2 aromatic rings. The third-order valence-electron chi connectivity index (χ3n) is 3.67. The fraction of sp³-hybridized carbons (Fsp3) is 0.267. The highest BCUT2D eigenvalue weighted by Gasteiger charge is 2.29. The summed E-state index contributed by atoms with van der Waals surface area (Å²) in [7, 11) is -3.46. The van der Waals surface area contributed by atoms with Gasteiger partial charge in [0.15, 0.2) is 0 Å². The molecule has 5 nitrogen and oxygen atoms in total. The summed E-state index contributed by atoms with van der Waals surface area (Å²) < 4.78 is 27.6. The van der Waals surface area contributed by atoms with Gasteiger partial charge in [-0.1, -0.05) is 18.2 Å². The van der Waals surface area contributed by atoms with Crippen LogP contribution in [0.3, 0.4) is 0 Å². The predicted octanol–water partition coefficient (Wildman–Crippen LogP) is 2.36. The summed E-state index contributed by atoms with van der Waals surface area (Å²) in [5.74, 6) is 0.889. The molecule has 1 aromatic carbocycles. The van der Waals surface area contributed by atoms with Crippen molar-refractivity contribution in [3.8, 4) is 0 Å². The topological polar surface area (TPSA) is 53.5 Å². The highest BCUT2D eigenvalue weighted by atomic mass is 79.9. The lowest BCUT2D eigenvalue weighted by molar-refractivity contribution is 0.383. The van der Waals surface area contributed by atoms with Crippen molar-refractivity contribution < 1.29 is 8.42 Å². The van der Waals surface area contributed by atoms with E-state index in [2.05, 4.69) is 25.8 Å². The number of benzene rings is 1. The highest BCUT2D eigenvalue weighted by molar-refractivity contribution is 9.10. The second kappa shape index (κ2) is 6.36. The van der Waals surface area contributed by atoms with Gasteiger partial charge in [0.05, 0.1) is 4.90 Å². The monoisotopic (exact) mass is 381 g/mol. The molecule has 0 aliphatic carbocycles. The molecule has 1 aromatic heterocycles. The third kappa shape index (κ3) is 3.02. The second-order valence-corrected chi connectivity index (χ2v) is 7.77. The van der Waals surface area contributed by atoms with Crippen LogP contribution in [0.2, 0.25) is 0 Å². The van der Waals surface area contributed by atoms with Crippen molar-refractivity contribution in [1.29, 1.82) is 0 Å². The summed E-state index contributed by atoms with van der Waals surface area (Å²) in [5, 5.41) is 0. The summed E-state index contributed by atoms with van der Waals surface area (Å²) in [4.78, 5) is 6.74. The molecule has 2 heterocycles. The first-order valence-electron chi connectivity index (χ1n) is 7.00. The maximum atomic E-state index is 12.7. The van der Waals surface area contributed by atoms with E-state index < -0.39 is 10.0 Å². The third-order valence-corrected chi connectivity index (χ3v) is 6.58. The van der Waals surface area contributed by atoms with Gasteiger partial charge in [-0.3, -0.25) is 0 Å². The van der Waals surface area contributed by atoms with Crippen LogP contribution in [0.4, 0.5) is 5.82 Å². The Morgan fingerprint density at radius 3 is 2.27 bits per heavy atom. The fourth-order valence-corrected chi connectivity index (χ4v) is 4.88. The molecule has 0 atom stereocenters. The Morgan fingerprint density at radius 1 is 0.955 bits per heavy atom. The van der Waals surface area contributed by atoms with Crippen LogP contribution in [0.5, 0.6) is 0 Å². The number of hydrogen-bond donors (Lipinski definition) is 0. The van der Waals surface area contributed by atoms with Crippen LogP contribution < -0.4 is 4.90 Å². The first kappa shape index (κ1) is 15.5. The molecule has 22 heavy (non-hydrogen) atoms. The van der Waals surface area contributed by atoms with Crippen LogP contribution in [0.1, 0.15) is 0 Å². The molecule has 0 spiro atoms. The molecule has 116 valence electrons. The van der Waals surface area contributed by atoms with Gasteiger partial charge >= 0.3 is 0 Å². The Balaban J connectivity index is 1.75. The van der Waals surface area contributed by atoms with Crippen LogP contribution in [0.15, 0.2) is 58.0 Å². The molecule has 0 bridgehead atoms. The molecule has 1 saturated heterocycles. The smallest absolute Gasteiger partial charge is 0.244 e. The number of sulfonamides is 1. The normalized spacial score (nSPS) is 16.7. The number of piperazine rings is 1. The van der Waals surface area contributed by atoms with Crippen molar-refractivity contribution in [2.24, 2.45) is 0 Å². The van der Waals surface area contributed by atoms with Crippen molar-refractivity contribution in [3.05, 3.63) is 53.1 Å². The van der Waals surface area contributed by atoms with E-state index in [4.69, 9.17) is 0 Å². The summed E-state index contributed by atoms with van der Waals surface area (Å²) in [6, 6.07) is 12.7. The van der Waals surface area contributed by atoms with E-state index in [1.807, 2.05) is 24.3 Å². The Labute approximate surface area is 138 Å². The van der Waals surface area contributed by atoms with E-state index in [1.54, 1.807) is 24.4 Å². The number of halogens is 1. The average Bonchev–Trinajstić information content (AvgIpc) is 2.56. The summed E-state index contributed by atoms with van der Waals surface area (Å²) in [5.41, 5.74) is 0. The summed E-state index contributed by atoms with van der Waals surface area (Å²) >= 11 is 3.32. The maximum Gasteiger partial charge on any atom is 0.244 e. The minimum absolute atomic E-state index is 0.321. The van der Waals surface area contributed by atoms with Crippen LogP contribution in [0, 0.1) is 0 Å². The van der Waals surface area contributed by atoms with E-state index in [0.29, 0.717) is 35.5 Å². The number of nitrogens with zero attached hydrogens (tertiary/aromatic N) is 3. The van der Waals surface area contributed by atoms with Gasteiger partial charge in [0.2, 0.25) is 10.0 Å². The Bertz CT molecular complexity index is 744. The number of aromatic nitrogens is 1. The van der Waals surface area contributed by atoms with Crippen molar-refractivity contribution >= 4 is 31.8 Å². The van der Waals surface area contributed by atoms with Crippen LogP contribution >= 0.6 is 15.9 Å². The standard InChI is InChI=1S/C15H16BrN3O2S/c16-13-5-1-2-6-14(13)22(20,21)19-11-9-18(10-12-19)15-7-3-4-8-17-15/h1-8H,9-12H2. The van der Waals surface area contributed by atoms with E-state index in [9.17, 15) is 8.42 Å². The zero-order valence-electron chi connectivity index (χ0n) is 11.9. The molecule has 0 unspecified atom stereocenters. The van der Waals surface area contributed by atoms with Gasteiger partial charge < -0.3 is 4.90 Å². The zero-order chi connectivity index (χ0) is 15.6. The SMILES string of the molecule is O=S(=O)(c1ccccc1Br)N1CCN(c2ccccn2)CC1. The Kier molecular flexibility index (Phi) is 4.46. The summed E-state index contributed by atoms with van der Waals surface area (Å²) in [6.45, 7) is 2.20. The van der Waals surface area contributed by atoms with Gasteiger partial charge in [0.1, 0.15) is 5.82 Å². The minimum atomic E-state index is -3.46. The molecule has 0 saturated carbocycles. The van der Waals surface area contributed by atoms with Gasteiger partial charge in [-0.25, -0.2) is 13.4 Å². The lowest BCUT2D eigenvalue weighted by Crippen LogP contribution is -2.48. The predicted molar refractivity (Wildman–Crippen MR) is 89.4 cm³/mol. The minimum Gasteiger partial charge on any atom is -0.354 e. The lowest BCUT2D eigenvalue weighted by atomic mass is 10.3. The Hall–Kier alpha value is -1.44. The van der Waals surface area contributed by atoms with Gasteiger partial charge in [-0.2, -0.15) is 4.31 Å². The van der Waals surface area contributed by atoms with Gasteiger partial charge in [0.25, 0.3) is 0 Å². The average molecular weight is 382 g/mol. The van der Waals surface area contributed by atoms with Crippen molar-refractivity contribution in [2.75, 3.05) is 31.1 Å². The van der Waals surface area contributed by atoms with Gasteiger partial charge in [-0.05, 0) is 40.2 Å². The van der Waals surface area contributed by atoms with Crippen LogP contribution in [0.25, 0.3) is 0 Å². The van der Waals surface area contributed by atoms with Gasteiger partial charge in [-0.15, -0.1) is 0 Å². The number of rotatable bonds is 3. The molecule has 1 aliphatic heterocycles. The van der Waals surface area contributed by atoms with Crippen LogP contribution in [-0.4, -0.2) is 43.9 Å². The van der Waals surface area contributed by atoms with E-state index in [0.717, 1.165) is 5.82 Å². The quantitative estimate of drug-likeness (QED) is 0.818. The Morgan fingerprint density at radius 2 is 1.64 bits per heavy atom. The highest BCUT2D eigenvalue weighted by Crippen LogP contribution is 2.26. The molecule has 1 fully saturated rings. The van der Waals surface area contributed by atoms with E-state index in [1.165, 1.54) is 4.31 Å². The van der Waals surface area contributed by atoms with E-state index >= 15 is 0 Å². The molecule has 0 radical (unpaired) electrons. The number of pyridine rings is 1. The molecule has 1 aliphatic rings. The zero-order valence-corrected chi connectivity index (χ0v) is 14.3. The fourth-order valence-electron chi connectivity index (χ4n) is 2.49. The molecule has 7 heteroatoms. The van der Waals surface area contributed by atoms with Crippen molar-refractivity contribution in [2.45, 2.75) is 4.90 Å². The van der Waals surface area contributed by atoms with Gasteiger partial charge in [0, 0.05) is 36.8 Å². The largest absolute Gasteiger partial charge is 0.354 e. The van der Waals surface area contributed by atoms with E-state index in [-0.39, 0.29) is 0 Å². The molecule has 0 N–H and O–H groups in total. The van der Waals surface area contributed by atoms with Crippen molar-refractivity contribution in [3.63, 3.8) is 0 Å². The van der Waals surface area contributed by atoms with Crippen LogP contribution in [-0.2, 0) is 10.0 Å². The number of anilines is 1. The molecule has 0 amide bonds.